The summed E-state index contributed by atoms with van der Waals surface area (Å²) in [5.74, 6) is -15.2. The second-order valence-corrected chi connectivity index (χ2v) is 5.97. The minimum atomic E-state index is -4.70. The number of carbonyl (C=O) groups excluding carboxylic acids is 1. The molecule has 0 spiro atoms. The Labute approximate surface area is 123 Å². The number of hydrogen-bond acceptors (Lipinski definition) is 4. The van der Waals surface area contributed by atoms with Crippen molar-refractivity contribution in [3.63, 3.8) is 0 Å². The summed E-state index contributed by atoms with van der Waals surface area (Å²) in [5, 5.41) is 0. The maximum Gasteiger partial charge on any atom is 0.309 e. The van der Waals surface area contributed by atoms with Crippen LogP contribution in [0.1, 0.15) is 26.2 Å². The van der Waals surface area contributed by atoms with Crippen molar-refractivity contribution in [1.82, 2.24) is 0 Å². The van der Waals surface area contributed by atoms with Gasteiger partial charge in [0.2, 0.25) is 34.8 Å². The first-order chi connectivity index (χ1) is 10.1. The highest BCUT2D eigenvalue weighted by Gasteiger charge is 2.30. The molecule has 0 saturated carbocycles. The molecule has 22 heavy (non-hydrogen) atoms. The molecule has 4 nitrogen and oxygen atoms in total. The first kappa shape index (κ1) is 18.3. The molecule has 0 aromatic heterocycles. The van der Waals surface area contributed by atoms with Crippen LogP contribution in [0.4, 0.5) is 22.0 Å². The quantitative estimate of drug-likeness (QED) is 0.330. The van der Waals surface area contributed by atoms with Crippen LogP contribution in [0, 0.1) is 29.1 Å². The number of ketones is 1. The van der Waals surface area contributed by atoms with Gasteiger partial charge in [0, 0.05) is 12.8 Å². The summed E-state index contributed by atoms with van der Waals surface area (Å²) < 4.78 is 92.0. The first-order valence-corrected chi connectivity index (χ1v) is 7.63. The first-order valence-electron chi connectivity index (χ1n) is 6.06. The molecule has 0 atom stereocenters. The third-order valence-electron chi connectivity index (χ3n) is 2.54. The van der Waals surface area contributed by atoms with Gasteiger partial charge >= 0.3 is 10.1 Å². The van der Waals surface area contributed by atoms with Crippen molar-refractivity contribution in [2.75, 3.05) is 5.75 Å². The van der Waals surface area contributed by atoms with Gasteiger partial charge in [0.15, 0.2) is 0 Å². The van der Waals surface area contributed by atoms with E-state index in [1.807, 2.05) is 0 Å². The van der Waals surface area contributed by atoms with Crippen molar-refractivity contribution >= 4 is 15.9 Å². The molecule has 0 aliphatic carbocycles. The van der Waals surface area contributed by atoms with Gasteiger partial charge in [-0.2, -0.15) is 17.2 Å². The van der Waals surface area contributed by atoms with E-state index in [0.29, 0.717) is 6.42 Å². The molecule has 0 bridgehead atoms. The molecule has 0 fully saturated rings. The van der Waals surface area contributed by atoms with Gasteiger partial charge in [-0.05, 0) is 6.42 Å². The molecule has 0 unspecified atom stereocenters. The van der Waals surface area contributed by atoms with E-state index in [0.717, 1.165) is 0 Å². The number of halogens is 5. The van der Waals surface area contributed by atoms with Gasteiger partial charge in [0.1, 0.15) is 5.78 Å². The minimum Gasteiger partial charge on any atom is -0.376 e. The average Bonchev–Trinajstić information content (AvgIpc) is 2.46. The summed E-state index contributed by atoms with van der Waals surface area (Å²) in [7, 11) is -4.70. The monoisotopic (exact) mass is 346 g/mol. The molecule has 1 aromatic carbocycles. The van der Waals surface area contributed by atoms with Crippen LogP contribution in [0.15, 0.2) is 0 Å². The highest BCUT2D eigenvalue weighted by molar-refractivity contribution is 7.87. The molecule has 1 rings (SSSR count). The molecular weight excluding hydrogens is 335 g/mol. The van der Waals surface area contributed by atoms with Gasteiger partial charge in [-0.25, -0.2) is 13.2 Å². The van der Waals surface area contributed by atoms with Crippen molar-refractivity contribution in [2.45, 2.75) is 26.2 Å². The zero-order valence-electron chi connectivity index (χ0n) is 11.3. The zero-order chi connectivity index (χ0) is 17.1. The van der Waals surface area contributed by atoms with Crippen LogP contribution in [0.5, 0.6) is 5.75 Å². The summed E-state index contributed by atoms with van der Waals surface area (Å²) in [6.07, 6.45) is 0.0704. The van der Waals surface area contributed by atoms with Crippen LogP contribution in [-0.2, 0) is 14.9 Å². The van der Waals surface area contributed by atoms with Crippen molar-refractivity contribution in [2.24, 2.45) is 0 Å². The van der Waals surface area contributed by atoms with Crippen LogP contribution in [0.25, 0.3) is 0 Å². The Bertz CT molecular complexity index is 658. The fourth-order valence-electron chi connectivity index (χ4n) is 1.47. The van der Waals surface area contributed by atoms with Crippen molar-refractivity contribution in [1.29, 1.82) is 0 Å². The predicted octanol–water partition coefficient (Wildman–Crippen LogP) is 2.85. The minimum absolute atomic E-state index is 0.0953. The van der Waals surface area contributed by atoms with E-state index in [2.05, 4.69) is 4.18 Å². The predicted molar refractivity (Wildman–Crippen MR) is 65.2 cm³/mol. The third kappa shape index (κ3) is 4.15. The van der Waals surface area contributed by atoms with Gasteiger partial charge < -0.3 is 4.18 Å². The van der Waals surface area contributed by atoms with E-state index < -0.39 is 62.9 Å². The van der Waals surface area contributed by atoms with E-state index >= 15 is 0 Å². The molecular formula is C12H11F5O4S. The summed E-state index contributed by atoms with van der Waals surface area (Å²) in [5.41, 5.74) is 0. The Morgan fingerprint density at radius 2 is 1.36 bits per heavy atom. The lowest BCUT2D eigenvalue weighted by atomic mass is 10.2. The molecule has 0 aliphatic rings. The summed E-state index contributed by atoms with van der Waals surface area (Å²) >= 11 is 0. The van der Waals surface area contributed by atoms with Crippen molar-refractivity contribution in [3.05, 3.63) is 29.1 Å². The third-order valence-corrected chi connectivity index (χ3v) is 3.66. The Morgan fingerprint density at radius 3 is 1.82 bits per heavy atom. The molecule has 10 heteroatoms. The van der Waals surface area contributed by atoms with Crippen molar-refractivity contribution in [3.8, 4) is 5.75 Å². The fraction of sp³-hybridized carbons (Fsp3) is 0.417. The number of rotatable bonds is 7. The molecule has 124 valence electrons. The Balaban J connectivity index is 3.02. The molecule has 0 heterocycles. The molecule has 0 amide bonds. The smallest absolute Gasteiger partial charge is 0.309 e. The highest BCUT2D eigenvalue weighted by atomic mass is 32.2. The largest absolute Gasteiger partial charge is 0.376 e. The van der Waals surface area contributed by atoms with Gasteiger partial charge in [0.05, 0.1) is 5.75 Å². The number of hydrogen-bond donors (Lipinski definition) is 0. The van der Waals surface area contributed by atoms with Crippen LogP contribution in [-0.4, -0.2) is 20.0 Å². The van der Waals surface area contributed by atoms with Crippen LogP contribution in [0.3, 0.4) is 0 Å². The number of Topliss-reactive ketones (excluding diaryl/α,β-unsaturated/α-hetero) is 1. The molecule has 1 aromatic rings. The number of carbonyl (C=O) groups is 1. The lowest BCUT2D eigenvalue weighted by Crippen LogP contribution is -2.19. The maximum absolute atomic E-state index is 13.3. The van der Waals surface area contributed by atoms with Crippen LogP contribution >= 0.6 is 0 Å². The van der Waals surface area contributed by atoms with Gasteiger partial charge in [-0.15, -0.1) is 0 Å². The Kier molecular flexibility index (Phi) is 5.86. The summed E-state index contributed by atoms with van der Waals surface area (Å²) in [4.78, 5) is 11.2. The van der Waals surface area contributed by atoms with Gasteiger partial charge in [-0.1, -0.05) is 6.92 Å². The van der Waals surface area contributed by atoms with Crippen LogP contribution < -0.4 is 4.18 Å². The van der Waals surface area contributed by atoms with E-state index in [-0.39, 0.29) is 6.42 Å². The van der Waals surface area contributed by atoms with Gasteiger partial charge in [-0.3, -0.25) is 4.79 Å². The Hall–Kier alpha value is -1.71. The van der Waals surface area contributed by atoms with E-state index in [1.54, 1.807) is 6.92 Å². The van der Waals surface area contributed by atoms with E-state index in [1.165, 1.54) is 0 Å². The molecule has 0 saturated heterocycles. The summed E-state index contributed by atoms with van der Waals surface area (Å²) in [6, 6.07) is 0. The molecule has 0 radical (unpaired) electrons. The lowest BCUT2D eigenvalue weighted by Gasteiger charge is -2.10. The average molecular weight is 346 g/mol. The van der Waals surface area contributed by atoms with Crippen LogP contribution in [0.2, 0.25) is 0 Å². The number of benzene rings is 1. The zero-order valence-corrected chi connectivity index (χ0v) is 12.1. The fourth-order valence-corrected chi connectivity index (χ4v) is 2.43. The SMILES string of the molecule is CCCC(=O)CCS(=O)(=O)Oc1c(F)c(F)c(F)c(F)c1F. The second kappa shape index (κ2) is 7.03. The van der Waals surface area contributed by atoms with E-state index in [4.69, 9.17) is 0 Å². The normalized spacial score (nSPS) is 11.5. The van der Waals surface area contributed by atoms with Gasteiger partial charge in [0.25, 0.3) is 0 Å². The topological polar surface area (TPSA) is 60.4 Å². The standard InChI is InChI=1S/C12H11F5O4S/c1-2-3-6(18)4-5-22(19,20)21-12-10(16)8(14)7(13)9(15)11(12)17/h2-5H2,1H3. The van der Waals surface area contributed by atoms with Crippen molar-refractivity contribution < 1.29 is 39.3 Å². The summed E-state index contributed by atoms with van der Waals surface area (Å²) in [6.45, 7) is 1.68. The maximum atomic E-state index is 13.3. The highest BCUT2D eigenvalue weighted by Crippen LogP contribution is 2.30. The van der Waals surface area contributed by atoms with E-state index in [9.17, 15) is 35.2 Å². The lowest BCUT2D eigenvalue weighted by molar-refractivity contribution is -0.118. The Morgan fingerprint density at radius 1 is 0.909 bits per heavy atom. The second-order valence-electron chi connectivity index (χ2n) is 4.28. The molecule has 0 N–H and O–H groups in total. The molecule has 0 aliphatic heterocycles.